The lowest BCUT2D eigenvalue weighted by molar-refractivity contribution is -0.139. The molecular formula is C24H23N5O4. The second-order valence-corrected chi connectivity index (χ2v) is 8.04. The lowest BCUT2D eigenvalue weighted by Gasteiger charge is -2.32. The molecule has 9 nitrogen and oxygen atoms in total. The van der Waals surface area contributed by atoms with Gasteiger partial charge in [-0.15, -0.1) is 0 Å². The van der Waals surface area contributed by atoms with Gasteiger partial charge < -0.3 is 19.8 Å². The molecule has 0 spiro atoms. The van der Waals surface area contributed by atoms with Crippen molar-refractivity contribution in [3.05, 3.63) is 76.5 Å². The van der Waals surface area contributed by atoms with E-state index in [0.717, 1.165) is 22.5 Å². The Hall–Kier alpha value is -3.98. The summed E-state index contributed by atoms with van der Waals surface area (Å²) in [7, 11) is 0. The first-order valence-corrected chi connectivity index (χ1v) is 10.7. The number of carbonyl (C=O) groups is 1. The first kappa shape index (κ1) is 20.9. The van der Waals surface area contributed by atoms with Crippen molar-refractivity contribution >= 4 is 22.8 Å². The van der Waals surface area contributed by atoms with Gasteiger partial charge in [-0.05, 0) is 48.9 Å². The van der Waals surface area contributed by atoms with Crippen molar-refractivity contribution in [2.45, 2.75) is 19.6 Å². The fourth-order valence-corrected chi connectivity index (χ4v) is 3.96. The first-order chi connectivity index (χ1) is 16.0. The molecule has 5 rings (SSSR count). The van der Waals surface area contributed by atoms with Crippen LogP contribution in [0.4, 0.5) is 5.82 Å². The first-order valence-electron chi connectivity index (χ1n) is 10.7. The number of amides is 1. The Balaban J connectivity index is 1.34. The van der Waals surface area contributed by atoms with Crippen LogP contribution in [0.2, 0.25) is 0 Å². The molecule has 2 N–H and O–H groups in total. The number of fused-ring (bicyclic) bond motifs is 1. The van der Waals surface area contributed by atoms with Crippen molar-refractivity contribution in [2.24, 2.45) is 0 Å². The largest absolute Gasteiger partial charge is 0.420 e. The molecule has 3 aromatic heterocycles. The minimum absolute atomic E-state index is 0.0907. The molecule has 0 aliphatic carbocycles. The predicted molar refractivity (Wildman–Crippen MR) is 122 cm³/mol. The van der Waals surface area contributed by atoms with Gasteiger partial charge in [-0.25, -0.2) is 14.8 Å². The molecule has 1 unspecified atom stereocenters. The van der Waals surface area contributed by atoms with Crippen LogP contribution in [0.1, 0.15) is 17.4 Å². The number of oxazole rings is 1. The molecule has 0 radical (unpaired) electrons. The summed E-state index contributed by atoms with van der Waals surface area (Å²) < 4.78 is 12.6. The van der Waals surface area contributed by atoms with Crippen LogP contribution in [0.5, 0.6) is 0 Å². The van der Waals surface area contributed by atoms with Gasteiger partial charge in [0.15, 0.2) is 5.58 Å². The van der Waals surface area contributed by atoms with Crippen molar-refractivity contribution in [3.63, 3.8) is 0 Å². The molecule has 9 heteroatoms. The number of carbonyl (C=O) groups excluding carboxylic acids is 1. The minimum Gasteiger partial charge on any atom is -0.408 e. The molecule has 1 saturated heterocycles. The van der Waals surface area contributed by atoms with Crippen molar-refractivity contribution < 1.29 is 13.9 Å². The number of ether oxygens (including phenoxy) is 1. The van der Waals surface area contributed by atoms with Gasteiger partial charge >= 0.3 is 5.76 Å². The summed E-state index contributed by atoms with van der Waals surface area (Å²) in [5.74, 6) is -0.270. The highest BCUT2D eigenvalue weighted by Gasteiger charge is 2.27. The quantitative estimate of drug-likeness (QED) is 0.513. The highest BCUT2D eigenvalue weighted by atomic mass is 16.5. The maximum absolute atomic E-state index is 13.1. The van der Waals surface area contributed by atoms with Gasteiger partial charge in [0.2, 0.25) is 5.91 Å². The zero-order chi connectivity index (χ0) is 22.9. The average molecular weight is 445 g/mol. The van der Waals surface area contributed by atoms with Crippen LogP contribution in [-0.4, -0.2) is 45.0 Å². The van der Waals surface area contributed by atoms with Crippen molar-refractivity contribution in [1.29, 1.82) is 0 Å². The monoisotopic (exact) mass is 445 g/mol. The van der Waals surface area contributed by atoms with Crippen LogP contribution in [0.15, 0.2) is 63.9 Å². The fraction of sp³-hybridized carbons (Fsp3) is 0.250. The van der Waals surface area contributed by atoms with Crippen LogP contribution in [0.25, 0.3) is 22.4 Å². The number of hydrogen-bond acceptors (Lipinski definition) is 7. The Morgan fingerprint density at radius 2 is 2.09 bits per heavy atom. The van der Waals surface area contributed by atoms with E-state index in [9.17, 15) is 9.59 Å². The molecule has 4 heterocycles. The summed E-state index contributed by atoms with van der Waals surface area (Å²) in [5, 5.41) is 0. The van der Waals surface area contributed by atoms with Crippen LogP contribution >= 0.6 is 0 Å². The third-order valence-corrected chi connectivity index (χ3v) is 5.72. The third-order valence-electron chi connectivity index (χ3n) is 5.72. The van der Waals surface area contributed by atoms with Gasteiger partial charge in [0, 0.05) is 18.3 Å². The highest BCUT2D eigenvalue weighted by Crippen LogP contribution is 2.25. The highest BCUT2D eigenvalue weighted by molar-refractivity contribution is 5.80. The second kappa shape index (κ2) is 8.51. The summed E-state index contributed by atoms with van der Waals surface area (Å²) in [6.07, 6.45) is 1.30. The predicted octanol–water partition coefficient (Wildman–Crippen LogP) is 2.54. The average Bonchev–Trinajstić information content (AvgIpc) is 3.14. The standard InChI is InChI=1S/C24H23N5O4/c1-15-5-7-20-19(11-15)29(24(31)33-20)14-23(30)28-9-10-32-21(13-28)18-4-2-3-17(27-18)16-6-8-22(25)26-12-16/h2-8,11-12,21H,9-10,13-14H2,1H3,(H2,25,26). The van der Waals surface area contributed by atoms with Crippen LogP contribution < -0.4 is 11.5 Å². The lowest BCUT2D eigenvalue weighted by atomic mass is 10.1. The second-order valence-electron chi connectivity index (χ2n) is 8.04. The summed E-state index contributed by atoms with van der Waals surface area (Å²) in [4.78, 5) is 35.9. The number of benzene rings is 1. The molecule has 1 aliphatic heterocycles. The zero-order valence-corrected chi connectivity index (χ0v) is 18.1. The van der Waals surface area contributed by atoms with E-state index in [1.807, 2.05) is 43.3 Å². The molecule has 0 saturated carbocycles. The van der Waals surface area contributed by atoms with Gasteiger partial charge in [-0.2, -0.15) is 0 Å². The smallest absolute Gasteiger partial charge is 0.408 e. The van der Waals surface area contributed by atoms with E-state index in [1.54, 1.807) is 23.2 Å². The van der Waals surface area contributed by atoms with Gasteiger partial charge in [0.05, 0.1) is 30.1 Å². The molecule has 4 aromatic rings. The van der Waals surface area contributed by atoms with Gasteiger partial charge in [0.25, 0.3) is 0 Å². The molecular weight excluding hydrogens is 422 g/mol. The van der Waals surface area contributed by atoms with E-state index in [4.69, 9.17) is 19.9 Å². The Bertz CT molecular complexity index is 1380. The van der Waals surface area contributed by atoms with Crippen LogP contribution in [-0.2, 0) is 16.1 Å². The van der Waals surface area contributed by atoms with E-state index in [2.05, 4.69) is 4.98 Å². The normalized spacial score (nSPS) is 16.3. The number of aromatic nitrogens is 3. The minimum atomic E-state index is -0.541. The molecule has 1 aromatic carbocycles. The van der Waals surface area contributed by atoms with Gasteiger partial charge in [-0.1, -0.05) is 12.1 Å². The summed E-state index contributed by atoms with van der Waals surface area (Å²) in [5.41, 5.74) is 10.1. The maximum atomic E-state index is 13.1. The SMILES string of the molecule is Cc1ccc2oc(=O)n(CC(=O)N3CCOC(c4cccc(-c5ccc(N)nc5)n4)C3)c2c1. The Morgan fingerprint density at radius 1 is 1.21 bits per heavy atom. The number of nitrogens with zero attached hydrogens (tertiary/aromatic N) is 4. The number of pyridine rings is 2. The van der Waals surface area contributed by atoms with E-state index in [0.29, 0.717) is 36.6 Å². The number of hydrogen-bond donors (Lipinski definition) is 1. The van der Waals surface area contributed by atoms with Crippen molar-refractivity contribution in [1.82, 2.24) is 19.4 Å². The molecule has 1 fully saturated rings. The topological polar surface area (TPSA) is 116 Å². The summed E-state index contributed by atoms with van der Waals surface area (Å²) in [6.45, 7) is 3.01. The number of morpholine rings is 1. The number of nitrogens with two attached hydrogens (primary N) is 1. The van der Waals surface area contributed by atoms with E-state index >= 15 is 0 Å². The molecule has 1 atom stereocenters. The zero-order valence-electron chi connectivity index (χ0n) is 18.1. The molecule has 0 bridgehead atoms. The van der Waals surface area contributed by atoms with E-state index < -0.39 is 5.76 Å². The Labute approximate surface area is 189 Å². The number of rotatable bonds is 4. The third kappa shape index (κ3) is 4.22. The number of nitrogen functional groups attached to an aromatic ring is 1. The molecule has 168 valence electrons. The molecule has 33 heavy (non-hydrogen) atoms. The van der Waals surface area contributed by atoms with Gasteiger partial charge in [-0.3, -0.25) is 9.36 Å². The van der Waals surface area contributed by atoms with E-state index in [-0.39, 0.29) is 18.6 Å². The fourth-order valence-electron chi connectivity index (χ4n) is 3.96. The number of anilines is 1. The van der Waals surface area contributed by atoms with Gasteiger partial charge in [0.1, 0.15) is 18.5 Å². The van der Waals surface area contributed by atoms with E-state index in [1.165, 1.54) is 4.57 Å². The Kier molecular flexibility index (Phi) is 5.39. The van der Waals surface area contributed by atoms with Crippen molar-refractivity contribution in [3.8, 4) is 11.3 Å². The van der Waals surface area contributed by atoms with Crippen LogP contribution in [0.3, 0.4) is 0 Å². The molecule has 1 aliphatic rings. The summed E-state index contributed by atoms with van der Waals surface area (Å²) >= 11 is 0. The lowest BCUT2D eigenvalue weighted by Crippen LogP contribution is -2.44. The summed E-state index contributed by atoms with van der Waals surface area (Å²) in [6, 6.07) is 14.7. The Morgan fingerprint density at radius 3 is 2.91 bits per heavy atom. The molecule has 1 amide bonds. The maximum Gasteiger partial charge on any atom is 0.420 e. The number of aryl methyl sites for hydroxylation is 1. The van der Waals surface area contributed by atoms with Crippen molar-refractivity contribution in [2.75, 3.05) is 25.4 Å². The van der Waals surface area contributed by atoms with Crippen LogP contribution in [0, 0.1) is 6.92 Å².